The van der Waals surface area contributed by atoms with Crippen LogP contribution in [0.2, 0.25) is 0 Å². The maximum atomic E-state index is 10.8. The second-order valence-corrected chi connectivity index (χ2v) is 2.14. The molecule has 0 radical (unpaired) electrons. The molecule has 0 saturated carbocycles. The summed E-state index contributed by atoms with van der Waals surface area (Å²) >= 11 is 0. The fourth-order valence-electron chi connectivity index (χ4n) is 0.860. The van der Waals surface area contributed by atoms with E-state index in [1.54, 1.807) is 0 Å². The molecule has 1 N–H and O–H groups in total. The van der Waals surface area contributed by atoms with Gasteiger partial charge in [0, 0.05) is 6.54 Å². The Kier molecular flexibility index (Phi) is 1.88. The number of carbonyl (C=O) groups is 1. The topological polar surface area (TPSA) is 62.1 Å². The zero-order valence-corrected chi connectivity index (χ0v) is 5.63. The largest absolute Gasteiger partial charge is 0.469 e. The summed E-state index contributed by atoms with van der Waals surface area (Å²) < 4.78 is 4.46. The van der Waals surface area contributed by atoms with Gasteiger partial charge in [-0.25, -0.2) is 0 Å². The first-order valence-electron chi connectivity index (χ1n) is 3.00. The van der Waals surface area contributed by atoms with Crippen molar-refractivity contribution in [3.05, 3.63) is 0 Å². The lowest BCUT2D eigenvalue weighted by atomic mass is 9.93. The molecule has 4 nitrogen and oxygen atoms in total. The van der Waals surface area contributed by atoms with Gasteiger partial charge >= 0.3 is 5.97 Å². The molecular weight excluding hydrogens is 132 g/mol. The Bertz CT molecular complexity index is 185. The van der Waals surface area contributed by atoms with Gasteiger partial charge in [0.1, 0.15) is 6.04 Å². The van der Waals surface area contributed by atoms with Gasteiger partial charge in [-0.1, -0.05) is 0 Å². The van der Waals surface area contributed by atoms with Crippen molar-refractivity contribution in [2.75, 3.05) is 13.7 Å². The van der Waals surface area contributed by atoms with Crippen LogP contribution in [0.15, 0.2) is 0 Å². The molecule has 10 heavy (non-hydrogen) atoms. The zero-order valence-electron chi connectivity index (χ0n) is 5.63. The van der Waals surface area contributed by atoms with Gasteiger partial charge in [0.05, 0.1) is 19.1 Å². The highest BCUT2D eigenvalue weighted by Gasteiger charge is 2.36. The predicted molar refractivity (Wildman–Crippen MR) is 32.9 cm³/mol. The van der Waals surface area contributed by atoms with Crippen molar-refractivity contribution in [2.45, 2.75) is 6.04 Å². The minimum absolute atomic E-state index is 0.255. The Morgan fingerprint density at radius 3 is 2.90 bits per heavy atom. The number of carbonyl (C=O) groups excluding carboxylic acids is 1. The minimum Gasteiger partial charge on any atom is -0.469 e. The lowest BCUT2D eigenvalue weighted by Gasteiger charge is -2.30. The fraction of sp³-hybridized carbons (Fsp3) is 0.667. The van der Waals surface area contributed by atoms with E-state index in [-0.39, 0.29) is 17.9 Å². The molecule has 0 amide bonds. The Hall–Kier alpha value is -1.08. The van der Waals surface area contributed by atoms with E-state index >= 15 is 0 Å². The van der Waals surface area contributed by atoms with Crippen LogP contribution in [0.1, 0.15) is 0 Å². The molecule has 1 heterocycles. The quantitative estimate of drug-likeness (QED) is 0.488. The average molecular weight is 140 g/mol. The molecule has 0 bridgehead atoms. The molecule has 1 aliphatic heterocycles. The standard InChI is InChI=1S/C6H8N2O2/c1-10-6(9)4-3-8-5(4)2-7/h4-5,8H,3H2,1H3/t4-,5+/m1/s1. The predicted octanol–water partition coefficient (Wildman–Crippen LogP) is -0.729. The van der Waals surface area contributed by atoms with Gasteiger partial charge in [0.25, 0.3) is 0 Å². The molecule has 1 saturated heterocycles. The number of methoxy groups -OCH3 is 1. The lowest BCUT2D eigenvalue weighted by Crippen LogP contribution is -2.55. The van der Waals surface area contributed by atoms with E-state index in [4.69, 9.17) is 5.26 Å². The molecule has 0 aromatic rings. The molecule has 0 unspecified atom stereocenters. The molecule has 54 valence electrons. The monoisotopic (exact) mass is 140 g/mol. The first kappa shape index (κ1) is 7.03. The van der Waals surface area contributed by atoms with Crippen molar-refractivity contribution in [3.63, 3.8) is 0 Å². The first-order valence-corrected chi connectivity index (χ1v) is 3.00. The van der Waals surface area contributed by atoms with Crippen molar-refractivity contribution in [3.8, 4) is 6.07 Å². The van der Waals surface area contributed by atoms with Gasteiger partial charge in [-0.15, -0.1) is 0 Å². The summed E-state index contributed by atoms with van der Waals surface area (Å²) in [6.07, 6.45) is 0. The molecule has 0 aliphatic carbocycles. The number of hydrogen-bond donors (Lipinski definition) is 1. The number of nitriles is 1. The third-order valence-electron chi connectivity index (χ3n) is 1.60. The Morgan fingerprint density at radius 1 is 1.90 bits per heavy atom. The summed E-state index contributed by atoms with van der Waals surface area (Å²) in [7, 11) is 1.33. The third kappa shape index (κ3) is 0.957. The number of ether oxygens (including phenoxy) is 1. The summed E-state index contributed by atoms with van der Waals surface area (Å²) in [6.45, 7) is 0.560. The van der Waals surface area contributed by atoms with Crippen molar-refractivity contribution in [2.24, 2.45) is 5.92 Å². The molecule has 1 rings (SSSR count). The number of esters is 1. The molecular formula is C6H8N2O2. The highest BCUT2D eigenvalue weighted by Crippen LogP contribution is 2.13. The van der Waals surface area contributed by atoms with E-state index in [0.717, 1.165) is 0 Å². The van der Waals surface area contributed by atoms with Crippen LogP contribution in [0.3, 0.4) is 0 Å². The average Bonchev–Trinajstić information content (AvgIpc) is 1.86. The van der Waals surface area contributed by atoms with Crippen LogP contribution in [-0.4, -0.2) is 25.7 Å². The first-order chi connectivity index (χ1) is 4.79. The highest BCUT2D eigenvalue weighted by atomic mass is 16.5. The van der Waals surface area contributed by atoms with Crippen molar-refractivity contribution >= 4 is 5.97 Å². The van der Waals surface area contributed by atoms with Crippen LogP contribution in [0, 0.1) is 17.2 Å². The lowest BCUT2D eigenvalue weighted by molar-refractivity contribution is -0.148. The molecule has 4 heteroatoms. The number of rotatable bonds is 1. The summed E-state index contributed by atoms with van der Waals surface area (Å²) in [5, 5.41) is 11.2. The normalized spacial score (nSPS) is 30.0. The third-order valence-corrected chi connectivity index (χ3v) is 1.60. The van der Waals surface area contributed by atoms with Crippen LogP contribution in [0.25, 0.3) is 0 Å². The van der Waals surface area contributed by atoms with E-state index in [9.17, 15) is 4.79 Å². The summed E-state index contributed by atoms with van der Waals surface area (Å²) in [5.41, 5.74) is 0. The van der Waals surface area contributed by atoms with Crippen molar-refractivity contribution < 1.29 is 9.53 Å². The molecule has 1 fully saturated rings. The Labute approximate surface area is 58.8 Å². The van der Waals surface area contributed by atoms with Gasteiger partial charge in [0.15, 0.2) is 0 Å². The maximum absolute atomic E-state index is 10.8. The second-order valence-electron chi connectivity index (χ2n) is 2.14. The maximum Gasteiger partial charge on any atom is 0.312 e. The van der Waals surface area contributed by atoms with Crippen LogP contribution in [0.4, 0.5) is 0 Å². The SMILES string of the molecule is COC(=O)[C@@H]1CN[C@H]1C#N. The molecule has 2 atom stereocenters. The second kappa shape index (κ2) is 2.67. The molecule has 0 spiro atoms. The zero-order chi connectivity index (χ0) is 7.56. The van der Waals surface area contributed by atoms with Crippen LogP contribution >= 0.6 is 0 Å². The van der Waals surface area contributed by atoms with Crippen LogP contribution in [-0.2, 0) is 9.53 Å². The highest BCUT2D eigenvalue weighted by molar-refractivity contribution is 5.75. The number of hydrogen-bond acceptors (Lipinski definition) is 4. The van der Waals surface area contributed by atoms with Crippen LogP contribution in [0.5, 0.6) is 0 Å². The van der Waals surface area contributed by atoms with E-state index in [2.05, 4.69) is 10.1 Å². The molecule has 1 aliphatic rings. The van der Waals surface area contributed by atoms with Gasteiger partial charge in [-0.3, -0.25) is 4.79 Å². The van der Waals surface area contributed by atoms with Gasteiger partial charge in [0.2, 0.25) is 0 Å². The van der Waals surface area contributed by atoms with E-state index in [1.807, 2.05) is 6.07 Å². The minimum atomic E-state index is -0.340. The number of nitrogens with zero attached hydrogens (tertiary/aromatic N) is 1. The number of nitrogens with one attached hydrogen (secondary N) is 1. The fourth-order valence-corrected chi connectivity index (χ4v) is 0.860. The molecule has 0 aromatic carbocycles. The van der Waals surface area contributed by atoms with E-state index in [0.29, 0.717) is 6.54 Å². The van der Waals surface area contributed by atoms with E-state index in [1.165, 1.54) is 7.11 Å². The summed E-state index contributed by atoms with van der Waals surface area (Å²) in [6, 6.07) is 1.61. The van der Waals surface area contributed by atoms with Crippen molar-refractivity contribution in [1.29, 1.82) is 5.26 Å². The van der Waals surface area contributed by atoms with Crippen molar-refractivity contribution in [1.82, 2.24) is 5.32 Å². The van der Waals surface area contributed by atoms with Crippen LogP contribution < -0.4 is 5.32 Å². The molecule has 0 aromatic heterocycles. The van der Waals surface area contributed by atoms with Gasteiger partial charge < -0.3 is 10.1 Å². The summed E-state index contributed by atoms with van der Waals surface area (Å²) in [5.74, 6) is -0.555. The van der Waals surface area contributed by atoms with E-state index < -0.39 is 0 Å². The summed E-state index contributed by atoms with van der Waals surface area (Å²) in [4.78, 5) is 10.8. The van der Waals surface area contributed by atoms with Gasteiger partial charge in [-0.2, -0.15) is 5.26 Å². The Balaban J connectivity index is 2.44. The Morgan fingerprint density at radius 2 is 2.60 bits per heavy atom. The van der Waals surface area contributed by atoms with Gasteiger partial charge in [-0.05, 0) is 0 Å². The smallest absolute Gasteiger partial charge is 0.312 e.